The number of carbonyl (C=O) groups excluding carboxylic acids is 1. The maximum Gasteiger partial charge on any atom is 0.348 e. The summed E-state index contributed by atoms with van der Waals surface area (Å²) < 4.78 is 4.85. The molecule has 22 heavy (non-hydrogen) atoms. The maximum absolute atomic E-state index is 11.9. The molecule has 0 fully saturated rings. The Labute approximate surface area is 139 Å². The third-order valence-corrected chi connectivity index (χ3v) is 4.74. The van der Waals surface area contributed by atoms with E-state index in [1.807, 2.05) is 6.92 Å². The van der Waals surface area contributed by atoms with Gasteiger partial charge in [-0.2, -0.15) is 4.98 Å². The van der Waals surface area contributed by atoms with Crippen molar-refractivity contribution in [2.24, 2.45) is 0 Å². The van der Waals surface area contributed by atoms with Crippen molar-refractivity contribution in [1.29, 1.82) is 0 Å². The lowest BCUT2D eigenvalue weighted by Crippen LogP contribution is -2.26. The molecule has 0 radical (unpaired) electrons. The molecule has 2 aromatic heterocycles. The van der Waals surface area contributed by atoms with E-state index in [2.05, 4.69) is 28.7 Å². The quantitative estimate of drug-likeness (QED) is 0.585. The van der Waals surface area contributed by atoms with Crippen molar-refractivity contribution in [3.8, 4) is 0 Å². The van der Waals surface area contributed by atoms with Gasteiger partial charge in [0.25, 0.3) is 0 Å². The van der Waals surface area contributed by atoms with E-state index < -0.39 is 0 Å². The lowest BCUT2D eigenvalue weighted by atomic mass is 10.2. The molecule has 2 heterocycles. The van der Waals surface area contributed by atoms with Crippen molar-refractivity contribution >= 4 is 44.9 Å². The fourth-order valence-electron chi connectivity index (χ4n) is 2.47. The number of ether oxygens (including phenoxy) is 1. The van der Waals surface area contributed by atoms with Crippen LogP contribution in [0.5, 0.6) is 0 Å². The predicted octanol–water partition coefficient (Wildman–Crippen LogP) is 4.07. The van der Waals surface area contributed by atoms with Crippen LogP contribution >= 0.6 is 22.9 Å². The second-order valence-corrected chi connectivity index (χ2v) is 6.37. The zero-order valence-electron chi connectivity index (χ0n) is 13.3. The number of thiophene rings is 1. The number of aromatic nitrogens is 2. The fourth-order valence-corrected chi connectivity index (χ4v) is 3.78. The summed E-state index contributed by atoms with van der Waals surface area (Å²) >= 11 is 7.39. The van der Waals surface area contributed by atoms with Crippen molar-refractivity contribution in [2.45, 2.75) is 33.6 Å². The van der Waals surface area contributed by atoms with Gasteiger partial charge in [-0.25, -0.2) is 9.78 Å². The molecule has 0 atom stereocenters. The van der Waals surface area contributed by atoms with E-state index in [1.54, 1.807) is 0 Å². The lowest BCUT2D eigenvalue weighted by molar-refractivity contribution is 0.0605. The number of fused-ring (bicyclic) bond motifs is 1. The number of rotatable bonds is 6. The number of aryl methyl sites for hydroxylation is 1. The van der Waals surface area contributed by atoms with Crippen LogP contribution in [0.3, 0.4) is 0 Å². The molecule has 2 aromatic rings. The third-order valence-electron chi connectivity index (χ3n) is 3.40. The van der Waals surface area contributed by atoms with Crippen LogP contribution in [0, 0.1) is 6.92 Å². The van der Waals surface area contributed by atoms with Gasteiger partial charge in [0, 0.05) is 13.1 Å². The van der Waals surface area contributed by atoms with Gasteiger partial charge < -0.3 is 9.64 Å². The second kappa shape index (κ2) is 7.24. The van der Waals surface area contributed by atoms with Crippen molar-refractivity contribution in [3.63, 3.8) is 0 Å². The molecule has 5 nitrogen and oxygen atoms in total. The summed E-state index contributed by atoms with van der Waals surface area (Å²) in [6.45, 7) is 7.94. The maximum atomic E-state index is 11.9. The summed E-state index contributed by atoms with van der Waals surface area (Å²) in [6.07, 6.45) is 2.02. The first-order valence-corrected chi connectivity index (χ1v) is 8.52. The highest BCUT2D eigenvalue weighted by atomic mass is 35.5. The van der Waals surface area contributed by atoms with Crippen LogP contribution in [-0.4, -0.2) is 36.1 Å². The molecule has 0 saturated carbocycles. The van der Waals surface area contributed by atoms with Crippen LogP contribution in [0.2, 0.25) is 5.28 Å². The minimum Gasteiger partial charge on any atom is -0.465 e. The summed E-state index contributed by atoms with van der Waals surface area (Å²) in [6, 6.07) is 0. The molecule has 0 spiro atoms. The highest BCUT2D eigenvalue weighted by Crippen LogP contribution is 2.36. The van der Waals surface area contributed by atoms with Gasteiger partial charge in [0.2, 0.25) is 5.28 Å². The van der Waals surface area contributed by atoms with Crippen LogP contribution < -0.4 is 4.90 Å². The van der Waals surface area contributed by atoms with Gasteiger partial charge in [-0.1, -0.05) is 13.8 Å². The molecule has 0 N–H and O–H groups in total. The number of hydrogen-bond donors (Lipinski definition) is 0. The first-order chi connectivity index (χ1) is 10.5. The molecule has 0 bridgehead atoms. The van der Waals surface area contributed by atoms with E-state index in [1.165, 1.54) is 18.4 Å². The Morgan fingerprint density at radius 3 is 2.45 bits per heavy atom. The normalized spacial score (nSPS) is 11.0. The van der Waals surface area contributed by atoms with E-state index >= 15 is 0 Å². The van der Waals surface area contributed by atoms with Crippen molar-refractivity contribution in [3.05, 3.63) is 15.7 Å². The van der Waals surface area contributed by atoms with E-state index in [9.17, 15) is 4.79 Å². The van der Waals surface area contributed by atoms with Crippen LogP contribution in [0.4, 0.5) is 5.82 Å². The van der Waals surface area contributed by atoms with E-state index in [0.717, 1.165) is 47.5 Å². The molecule has 7 heteroatoms. The Morgan fingerprint density at radius 2 is 1.91 bits per heavy atom. The molecule has 0 aliphatic carbocycles. The van der Waals surface area contributed by atoms with E-state index in [-0.39, 0.29) is 11.3 Å². The molecular formula is C15H20ClN3O2S. The first kappa shape index (κ1) is 17.0. The Hall–Kier alpha value is -1.40. The zero-order chi connectivity index (χ0) is 16.3. The first-order valence-electron chi connectivity index (χ1n) is 7.33. The number of halogens is 1. The number of anilines is 1. The Kier molecular flexibility index (Phi) is 5.58. The van der Waals surface area contributed by atoms with Gasteiger partial charge in [-0.15, -0.1) is 11.3 Å². The average Bonchev–Trinajstić information content (AvgIpc) is 2.82. The van der Waals surface area contributed by atoms with E-state index in [4.69, 9.17) is 16.3 Å². The van der Waals surface area contributed by atoms with Crippen molar-refractivity contribution in [2.75, 3.05) is 25.1 Å². The molecule has 0 aliphatic rings. The second-order valence-electron chi connectivity index (χ2n) is 5.03. The Bertz CT molecular complexity index is 681. The standard InChI is InChI=1S/C15H20ClN3O2S/c1-5-7-19(8-6-2)12-10-9(3)11(14(20)21-4)22-13(10)18-15(16)17-12/h5-8H2,1-4H3. The van der Waals surface area contributed by atoms with Crippen LogP contribution in [0.15, 0.2) is 0 Å². The summed E-state index contributed by atoms with van der Waals surface area (Å²) in [5, 5.41) is 1.11. The molecular weight excluding hydrogens is 322 g/mol. The summed E-state index contributed by atoms with van der Waals surface area (Å²) in [4.78, 5) is 24.1. The molecule has 0 aromatic carbocycles. The molecule has 2 rings (SSSR count). The molecule has 0 unspecified atom stereocenters. The molecule has 0 amide bonds. The zero-order valence-corrected chi connectivity index (χ0v) is 14.8. The molecule has 0 saturated heterocycles. The third kappa shape index (κ3) is 3.17. The number of carbonyl (C=O) groups is 1. The van der Waals surface area contributed by atoms with Gasteiger partial charge in [0.15, 0.2) is 0 Å². The van der Waals surface area contributed by atoms with Gasteiger partial charge in [0.05, 0.1) is 12.5 Å². The summed E-state index contributed by atoms with van der Waals surface area (Å²) in [5.74, 6) is 0.461. The van der Waals surface area contributed by atoms with Crippen LogP contribution in [-0.2, 0) is 4.74 Å². The van der Waals surface area contributed by atoms with E-state index in [0.29, 0.717) is 4.88 Å². The molecule has 120 valence electrons. The predicted molar refractivity (Wildman–Crippen MR) is 91.3 cm³/mol. The number of nitrogens with zero attached hydrogens (tertiary/aromatic N) is 3. The fraction of sp³-hybridized carbons (Fsp3) is 0.533. The highest BCUT2D eigenvalue weighted by molar-refractivity contribution is 7.20. The smallest absolute Gasteiger partial charge is 0.348 e. The average molecular weight is 342 g/mol. The minimum atomic E-state index is -0.347. The SMILES string of the molecule is CCCN(CCC)c1nc(Cl)nc2sc(C(=O)OC)c(C)c12. The van der Waals surface area contributed by atoms with Gasteiger partial charge in [0.1, 0.15) is 15.5 Å². The summed E-state index contributed by atoms with van der Waals surface area (Å²) in [5.41, 5.74) is 0.857. The number of hydrogen-bond acceptors (Lipinski definition) is 6. The van der Waals surface area contributed by atoms with Gasteiger partial charge in [-0.3, -0.25) is 0 Å². The Balaban J connectivity index is 2.66. The Morgan fingerprint density at radius 1 is 1.27 bits per heavy atom. The largest absolute Gasteiger partial charge is 0.465 e. The number of esters is 1. The monoisotopic (exact) mass is 341 g/mol. The molecule has 0 aliphatic heterocycles. The highest BCUT2D eigenvalue weighted by Gasteiger charge is 2.23. The topological polar surface area (TPSA) is 55.3 Å². The summed E-state index contributed by atoms with van der Waals surface area (Å²) in [7, 11) is 1.38. The lowest BCUT2D eigenvalue weighted by Gasteiger charge is -2.23. The van der Waals surface area contributed by atoms with Crippen molar-refractivity contribution in [1.82, 2.24) is 9.97 Å². The van der Waals surface area contributed by atoms with Crippen LogP contribution in [0.25, 0.3) is 10.2 Å². The number of methoxy groups -OCH3 is 1. The van der Waals surface area contributed by atoms with Gasteiger partial charge >= 0.3 is 5.97 Å². The van der Waals surface area contributed by atoms with Crippen molar-refractivity contribution < 1.29 is 9.53 Å². The van der Waals surface area contributed by atoms with Crippen LogP contribution in [0.1, 0.15) is 41.9 Å². The minimum absolute atomic E-state index is 0.206. The van der Waals surface area contributed by atoms with Gasteiger partial charge in [-0.05, 0) is 36.9 Å².